The smallest absolute Gasteiger partial charge is 0.319 e. The fourth-order valence-corrected chi connectivity index (χ4v) is 2.98. The Morgan fingerprint density at radius 2 is 1.53 bits per heavy atom. The van der Waals surface area contributed by atoms with Crippen molar-refractivity contribution in [1.82, 2.24) is 5.32 Å². The number of urea groups is 1. The Hall–Kier alpha value is -3.80. The second-order valence-corrected chi connectivity index (χ2v) is 7.11. The predicted molar refractivity (Wildman–Crippen MR) is 119 cm³/mol. The van der Waals surface area contributed by atoms with Crippen molar-refractivity contribution in [3.05, 3.63) is 90.0 Å². The van der Waals surface area contributed by atoms with Crippen LogP contribution in [0.1, 0.15) is 29.3 Å². The number of nitrogens with one attached hydrogen (secondary N) is 3. The SMILES string of the molecule is CC(CCc1ccc(O)cc1)NC(=O)Nc1cccc(NC(=O)c2ccccc2)c1. The lowest BCUT2D eigenvalue weighted by Gasteiger charge is -2.15. The molecule has 3 amide bonds. The highest BCUT2D eigenvalue weighted by Gasteiger charge is 2.09. The van der Waals surface area contributed by atoms with Crippen LogP contribution in [0.5, 0.6) is 5.75 Å². The molecule has 0 aromatic heterocycles. The highest BCUT2D eigenvalue weighted by atomic mass is 16.3. The first kappa shape index (κ1) is 20.9. The van der Waals surface area contributed by atoms with Crippen LogP contribution in [-0.4, -0.2) is 23.1 Å². The summed E-state index contributed by atoms with van der Waals surface area (Å²) in [5, 5.41) is 17.9. The van der Waals surface area contributed by atoms with Crippen molar-refractivity contribution in [2.24, 2.45) is 0 Å². The Bertz CT molecular complexity index is 988. The standard InChI is InChI=1S/C24H25N3O3/c1-17(10-11-18-12-14-22(28)15-13-18)25-24(30)27-21-9-5-8-20(16-21)26-23(29)19-6-3-2-4-7-19/h2-9,12-17,28H,10-11H2,1H3,(H,26,29)(H2,25,27,30). The maximum absolute atomic E-state index is 12.3. The van der Waals surface area contributed by atoms with Gasteiger partial charge in [-0.05, 0) is 67.8 Å². The van der Waals surface area contributed by atoms with Crippen molar-refractivity contribution >= 4 is 23.3 Å². The van der Waals surface area contributed by atoms with Crippen LogP contribution >= 0.6 is 0 Å². The first-order valence-electron chi connectivity index (χ1n) is 9.81. The van der Waals surface area contributed by atoms with Crippen LogP contribution in [0.4, 0.5) is 16.2 Å². The minimum absolute atomic E-state index is 0.0280. The van der Waals surface area contributed by atoms with Crippen LogP contribution in [0.3, 0.4) is 0 Å². The molecule has 0 spiro atoms. The quantitative estimate of drug-likeness (QED) is 0.457. The third kappa shape index (κ3) is 6.38. The number of carbonyl (C=O) groups is 2. The number of benzene rings is 3. The number of anilines is 2. The number of rotatable bonds is 7. The highest BCUT2D eigenvalue weighted by Crippen LogP contribution is 2.16. The second kappa shape index (κ2) is 10.1. The maximum atomic E-state index is 12.3. The predicted octanol–water partition coefficient (Wildman–Crippen LogP) is 4.79. The average Bonchev–Trinajstić information content (AvgIpc) is 2.74. The monoisotopic (exact) mass is 403 g/mol. The van der Waals surface area contributed by atoms with Gasteiger partial charge >= 0.3 is 6.03 Å². The summed E-state index contributed by atoms with van der Waals surface area (Å²) in [6.45, 7) is 1.94. The van der Waals surface area contributed by atoms with E-state index >= 15 is 0 Å². The van der Waals surface area contributed by atoms with Gasteiger partial charge in [0.2, 0.25) is 0 Å². The van der Waals surface area contributed by atoms with Gasteiger partial charge in [0.05, 0.1) is 0 Å². The maximum Gasteiger partial charge on any atom is 0.319 e. The zero-order valence-electron chi connectivity index (χ0n) is 16.8. The van der Waals surface area contributed by atoms with E-state index in [2.05, 4.69) is 16.0 Å². The molecule has 30 heavy (non-hydrogen) atoms. The molecule has 0 aliphatic rings. The zero-order valence-corrected chi connectivity index (χ0v) is 16.8. The van der Waals surface area contributed by atoms with E-state index < -0.39 is 0 Å². The molecule has 0 fully saturated rings. The lowest BCUT2D eigenvalue weighted by Crippen LogP contribution is -2.36. The van der Waals surface area contributed by atoms with Gasteiger partial charge in [0.1, 0.15) is 5.75 Å². The molecule has 0 aliphatic carbocycles. The molecule has 0 heterocycles. The Labute approximate surface area is 176 Å². The van der Waals surface area contributed by atoms with E-state index in [9.17, 15) is 14.7 Å². The normalized spacial score (nSPS) is 11.4. The van der Waals surface area contributed by atoms with Gasteiger partial charge in [-0.1, -0.05) is 36.4 Å². The fraction of sp³-hybridized carbons (Fsp3) is 0.167. The number of phenols is 1. The molecule has 0 radical (unpaired) electrons. The van der Waals surface area contributed by atoms with Crippen molar-refractivity contribution in [2.45, 2.75) is 25.8 Å². The van der Waals surface area contributed by atoms with Gasteiger partial charge in [0.15, 0.2) is 0 Å². The summed E-state index contributed by atoms with van der Waals surface area (Å²) in [4.78, 5) is 24.6. The van der Waals surface area contributed by atoms with Gasteiger partial charge in [0, 0.05) is 23.0 Å². The summed E-state index contributed by atoms with van der Waals surface area (Å²) >= 11 is 0. The van der Waals surface area contributed by atoms with Crippen LogP contribution in [0.15, 0.2) is 78.9 Å². The molecule has 3 aromatic rings. The third-order valence-electron chi connectivity index (χ3n) is 4.59. The van der Waals surface area contributed by atoms with Crippen molar-refractivity contribution in [1.29, 1.82) is 0 Å². The van der Waals surface area contributed by atoms with Gasteiger partial charge < -0.3 is 21.1 Å². The third-order valence-corrected chi connectivity index (χ3v) is 4.59. The fourth-order valence-electron chi connectivity index (χ4n) is 2.98. The van der Waals surface area contributed by atoms with E-state index in [4.69, 9.17) is 0 Å². The number of carbonyl (C=O) groups excluding carboxylic acids is 2. The lowest BCUT2D eigenvalue weighted by atomic mass is 10.1. The Morgan fingerprint density at radius 3 is 2.23 bits per heavy atom. The van der Waals surface area contributed by atoms with E-state index in [1.54, 1.807) is 60.7 Å². The number of aryl methyl sites for hydroxylation is 1. The van der Waals surface area contributed by atoms with E-state index in [-0.39, 0.29) is 23.7 Å². The number of hydrogen-bond donors (Lipinski definition) is 4. The Morgan fingerprint density at radius 1 is 0.867 bits per heavy atom. The number of phenolic OH excluding ortho intramolecular Hbond substituents is 1. The summed E-state index contributed by atoms with van der Waals surface area (Å²) in [5.74, 6) is 0.0338. The highest BCUT2D eigenvalue weighted by molar-refractivity contribution is 6.04. The Balaban J connectivity index is 1.49. The number of amides is 3. The van der Waals surface area contributed by atoms with Gasteiger partial charge in [0.25, 0.3) is 5.91 Å². The average molecular weight is 403 g/mol. The zero-order chi connectivity index (χ0) is 21.3. The molecule has 3 aromatic carbocycles. The number of aromatic hydroxyl groups is 1. The topological polar surface area (TPSA) is 90.5 Å². The molecule has 3 rings (SSSR count). The molecule has 1 unspecified atom stereocenters. The van der Waals surface area contributed by atoms with E-state index in [0.717, 1.165) is 18.4 Å². The molecule has 0 saturated heterocycles. The van der Waals surface area contributed by atoms with Crippen molar-refractivity contribution in [2.75, 3.05) is 10.6 Å². The summed E-state index contributed by atoms with van der Waals surface area (Å²) in [5.41, 5.74) is 2.85. The lowest BCUT2D eigenvalue weighted by molar-refractivity contribution is 0.102. The minimum atomic E-state index is -0.306. The van der Waals surface area contributed by atoms with Gasteiger partial charge in [-0.15, -0.1) is 0 Å². The van der Waals surface area contributed by atoms with E-state index in [1.807, 2.05) is 25.1 Å². The molecular formula is C24H25N3O3. The first-order valence-corrected chi connectivity index (χ1v) is 9.81. The Kier molecular flexibility index (Phi) is 7.05. The molecule has 6 nitrogen and oxygen atoms in total. The van der Waals surface area contributed by atoms with Crippen LogP contribution in [0.25, 0.3) is 0 Å². The van der Waals surface area contributed by atoms with E-state index in [0.29, 0.717) is 16.9 Å². The molecule has 0 aliphatic heterocycles. The molecule has 154 valence electrons. The van der Waals surface area contributed by atoms with Gasteiger partial charge in [-0.3, -0.25) is 4.79 Å². The van der Waals surface area contributed by atoms with Crippen molar-refractivity contribution in [3.63, 3.8) is 0 Å². The summed E-state index contributed by atoms with van der Waals surface area (Å²) in [6.07, 6.45) is 1.56. The van der Waals surface area contributed by atoms with Crippen molar-refractivity contribution < 1.29 is 14.7 Å². The molecule has 0 bridgehead atoms. The summed E-state index contributed by atoms with van der Waals surface area (Å²) in [7, 11) is 0. The van der Waals surface area contributed by atoms with E-state index in [1.165, 1.54) is 0 Å². The number of hydrogen-bond acceptors (Lipinski definition) is 3. The minimum Gasteiger partial charge on any atom is -0.508 e. The largest absolute Gasteiger partial charge is 0.508 e. The van der Waals surface area contributed by atoms with Crippen LogP contribution in [0.2, 0.25) is 0 Å². The van der Waals surface area contributed by atoms with Gasteiger partial charge in [-0.25, -0.2) is 4.79 Å². The van der Waals surface area contributed by atoms with Crippen LogP contribution in [0, 0.1) is 0 Å². The molecular weight excluding hydrogens is 378 g/mol. The second-order valence-electron chi connectivity index (χ2n) is 7.11. The van der Waals surface area contributed by atoms with Gasteiger partial charge in [-0.2, -0.15) is 0 Å². The van der Waals surface area contributed by atoms with Crippen LogP contribution in [-0.2, 0) is 6.42 Å². The molecule has 6 heteroatoms. The van der Waals surface area contributed by atoms with Crippen LogP contribution < -0.4 is 16.0 Å². The first-order chi connectivity index (χ1) is 14.5. The van der Waals surface area contributed by atoms with Crippen molar-refractivity contribution in [3.8, 4) is 5.75 Å². The molecule has 1 atom stereocenters. The molecule has 0 saturated carbocycles. The summed E-state index contributed by atoms with van der Waals surface area (Å²) < 4.78 is 0. The summed E-state index contributed by atoms with van der Waals surface area (Å²) in [6, 6.07) is 22.7. The molecule has 4 N–H and O–H groups in total.